The van der Waals surface area contributed by atoms with Crippen molar-refractivity contribution in [1.82, 2.24) is 20.1 Å². The lowest BCUT2D eigenvalue weighted by atomic mass is 9.87. The van der Waals surface area contributed by atoms with Crippen LogP contribution in [0.25, 0.3) is 11.1 Å². The lowest BCUT2D eigenvalue weighted by molar-refractivity contribution is -0.192. The van der Waals surface area contributed by atoms with Crippen LogP contribution in [0.4, 0.5) is 13.2 Å². The van der Waals surface area contributed by atoms with Crippen LogP contribution in [-0.4, -0.2) is 76.6 Å². The summed E-state index contributed by atoms with van der Waals surface area (Å²) in [5, 5.41) is 10.6. The van der Waals surface area contributed by atoms with Gasteiger partial charge in [0.15, 0.2) is 0 Å². The molecule has 2 fully saturated rings. The van der Waals surface area contributed by atoms with E-state index in [4.69, 9.17) is 9.90 Å². The third-order valence-electron chi connectivity index (χ3n) is 10.6. The van der Waals surface area contributed by atoms with E-state index in [9.17, 15) is 22.8 Å². The third-order valence-corrected chi connectivity index (χ3v) is 11.1. The Labute approximate surface area is 335 Å². The van der Waals surface area contributed by atoms with Gasteiger partial charge in [0.1, 0.15) is 0 Å². The maximum absolute atomic E-state index is 13.6. The van der Waals surface area contributed by atoms with E-state index in [0.717, 1.165) is 82.0 Å². The van der Waals surface area contributed by atoms with Gasteiger partial charge in [-0.05, 0) is 127 Å². The average Bonchev–Trinajstić information content (AvgIpc) is 3.21. The maximum atomic E-state index is 13.6. The second-order valence-corrected chi connectivity index (χ2v) is 15.6. The highest BCUT2D eigenvalue weighted by atomic mass is 79.9. The number of hydrogen-bond acceptors (Lipinski definition) is 5. The molecule has 0 aliphatic carbocycles. The number of piperidine rings is 2. The normalized spacial score (nSPS) is 15.1. The molecule has 4 aromatic rings. The summed E-state index contributed by atoms with van der Waals surface area (Å²) in [6.45, 7) is 5.18. The molecule has 2 saturated heterocycles. The van der Waals surface area contributed by atoms with E-state index >= 15 is 0 Å². The second kappa shape index (κ2) is 21.1. The van der Waals surface area contributed by atoms with E-state index in [1.165, 1.54) is 45.2 Å². The highest BCUT2D eigenvalue weighted by Crippen LogP contribution is 2.28. The van der Waals surface area contributed by atoms with Crippen LogP contribution in [0.3, 0.4) is 0 Å². The Kier molecular flexibility index (Phi) is 16.1. The van der Waals surface area contributed by atoms with Crippen molar-refractivity contribution >= 4 is 33.7 Å². The molecule has 2 amide bonds. The number of carbonyl (C=O) groups excluding carboxylic acids is 2. The number of likely N-dealkylation sites (tertiary alicyclic amines) is 1. The third kappa shape index (κ3) is 13.6. The molecule has 2 aliphatic heterocycles. The van der Waals surface area contributed by atoms with Gasteiger partial charge in [-0.15, -0.1) is 0 Å². The van der Waals surface area contributed by atoms with Crippen molar-refractivity contribution in [3.63, 3.8) is 0 Å². The van der Waals surface area contributed by atoms with Gasteiger partial charge in [-0.3, -0.25) is 14.6 Å². The number of aromatic nitrogens is 1. The Bertz CT molecular complexity index is 1860. The van der Waals surface area contributed by atoms with E-state index in [1.54, 1.807) is 12.4 Å². The van der Waals surface area contributed by atoms with Crippen molar-refractivity contribution in [1.29, 1.82) is 0 Å². The van der Waals surface area contributed by atoms with Gasteiger partial charge < -0.3 is 20.2 Å². The molecule has 8 nitrogen and oxygen atoms in total. The summed E-state index contributed by atoms with van der Waals surface area (Å²) >= 11 is 3.49. The van der Waals surface area contributed by atoms with Crippen LogP contribution in [-0.2, 0) is 29.0 Å². The number of nitrogens with zero attached hydrogens (tertiary/aromatic N) is 3. The number of carbonyl (C=O) groups is 3. The number of aliphatic carboxylic acids is 1. The highest BCUT2D eigenvalue weighted by Gasteiger charge is 2.38. The SMILES string of the molecule is O=C(Cc1ccc(Br)cc1)N(CCc1ccncc1)Cc1cccc(-c2cccc(C(=O)N3CCC(CCCC4CCNCC4)CC3)c2)c1.O=C(O)C(F)(F)F. The van der Waals surface area contributed by atoms with Gasteiger partial charge in [0, 0.05) is 48.6 Å². The number of amides is 2. The number of alkyl halides is 3. The quantitative estimate of drug-likeness (QED) is 0.140. The minimum atomic E-state index is -5.08. The summed E-state index contributed by atoms with van der Waals surface area (Å²) in [6, 6.07) is 28.4. The number of benzene rings is 3. The molecule has 12 heteroatoms. The first kappa shape index (κ1) is 42.6. The molecular formula is C44H50BrF3N4O4. The Morgan fingerprint density at radius 2 is 1.41 bits per heavy atom. The van der Waals surface area contributed by atoms with Crippen LogP contribution in [0, 0.1) is 11.8 Å². The zero-order valence-electron chi connectivity index (χ0n) is 31.5. The highest BCUT2D eigenvalue weighted by molar-refractivity contribution is 9.10. The summed E-state index contributed by atoms with van der Waals surface area (Å²) in [7, 11) is 0. The molecule has 0 unspecified atom stereocenters. The molecule has 56 heavy (non-hydrogen) atoms. The predicted molar refractivity (Wildman–Crippen MR) is 215 cm³/mol. The zero-order chi connectivity index (χ0) is 39.9. The van der Waals surface area contributed by atoms with Crippen LogP contribution in [0.5, 0.6) is 0 Å². The molecule has 0 spiro atoms. The molecule has 6 rings (SSSR count). The van der Waals surface area contributed by atoms with Gasteiger partial charge in [0.05, 0.1) is 6.42 Å². The van der Waals surface area contributed by atoms with Crippen LogP contribution in [0.15, 0.2) is 102 Å². The van der Waals surface area contributed by atoms with Crippen molar-refractivity contribution in [2.24, 2.45) is 11.8 Å². The molecule has 3 aromatic carbocycles. The van der Waals surface area contributed by atoms with Crippen molar-refractivity contribution in [2.45, 2.75) is 70.5 Å². The van der Waals surface area contributed by atoms with E-state index in [0.29, 0.717) is 19.5 Å². The molecule has 0 saturated carbocycles. The Morgan fingerprint density at radius 1 is 0.804 bits per heavy atom. The fraction of sp³-hybridized carbons (Fsp3) is 0.409. The summed E-state index contributed by atoms with van der Waals surface area (Å²) in [4.78, 5) is 44.3. The Morgan fingerprint density at radius 3 is 2.05 bits per heavy atom. The lowest BCUT2D eigenvalue weighted by Gasteiger charge is -2.32. The molecule has 2 aliphatic rings. The maximum Gasteiger partial charge on any atom is 0.490 e. The molecule has 0 atom stereocenters. The minimum Gasteiger partial charge on any atom is -0.475 e. The van der Waals surface area contributed by atoms with Gasteiger partial charge in [0.2, 0.25) is 5.91 Å². The number of carboxylic acid groups (broad SMARTS) is 1. The van der Waals surface area contributed by atoms with Gasteiger partial charge in [-0.1, -0.05) is 77.7 Å². The Balaban J connectivity index is 0.000000784. The summed E-state index contributed by atoms with van der Waals surface area (Å²) in [5.41, 5.74) is 6.03. The van der Waals surface area contributed by atoms with Crippen LogP contribution >= 0.6 is 15.9 Å². The standard InChI is InChI=1S/C42H49BrN4O2.C2HF3O2/c43-40-12-10-35(11-13-40)29-41(48)47(27-20-34-16-23-45-24-17-34)31-36-6-2-7-37(28-36)38-8-3-9-39(30-38)42(49)46-25-18-33(19-26-46)5-1-4-32-14-21-44-22-15-32;3-2(4,5)1(6)7/h2-3,6-13,16-17,23-24,28,30,32-33,44H,1,4-5,14-15,18-22,25-27,29,31H2;(H,6,7). The van der Waals surface area contributed by atoms with Gasteiger partial charge >= 0.3 is 12.1 Å². The summed E-state index contributed by atoms with van der Waals surface area (Å²) in [5.74, 6) is -0.886. The lowest BCUT2D eigenvalue weighted by Crippen LogP contribution is -2.38. The summed E-state index contributed by atoms with van der Waals surface area (Å²) in [6.07, 6.45) is 8.48. The van der Waals surface area contributed by atoms with Crippen molar-refractivity contribution in [2.75, 3.05) is 32.7 Å². The number of halogens is 4. The zero-order valence-corrected chi connectivity index (χ0v) is 33.1. The first-order valence-corrected chi connectivity index (χ1v) is 20.1. The first-order valence-electron chi connectivity index (χ1n) is 19.3. The molecule has 3 heterocycles. The number of hydrogen-bond donors (Lipinski definition) is 2. The molecule has 0 bridgehead atoms. The van der Waals surface area contributed by atoms with E-state index in [1.807, 2.05) is 59.5 Å². The topological polar surface area (TPSA) is 103 Å². The Hall–Kier alpha value is -4.55. The average molecular weight is 836 g/mol. The largest absolute Gasteiger partial charge is 0.490 e. The number of carboxylic acids is 1. The minimum absolute atomic E-state index is 0.0971. The molecule has 298 valence electrons. The van der Waals surface area contributed by atoms with E-state index in [-0.39, 0.29) is 11.8 Å². The second-order valence-electron chi connectivity index (χ2n) is 14.7. The molecular weight excluding hydrogens is 785 g/mol. The first-order chi connectivity index (χ1) is 26.9. The van der Waals surface area contributed by atoms with Gasteiger partial charge in [0.25, 0.3) is 5.91 Å². The molecule has 0 radical (unpaired) electrons. The monoisotopic (exact) mass is 834 g/mol. The molecule has 2 N–H and O–H groups in total. The van der Waals surface area contributed by atoms with E-state index < -0.39 is 12.1 Å². The van der Waals surface area contributed by atoms with Gasteiger partial charge in [-0.2, -0.15) is 13.2 Å². The molecule has 1 aromatic heterocycles. The van der Waals surface area contributed by atoms with Gasteiger partial charge in [-0.25, -0.2) is 4.79 Å². The van der Waals surface area contributed by atoms with Crippen LogP contribution in [0.1, 0.15) is 72.0 Å². The fourth-order valence-corrected chi connectivity index (χ4v) is 7.63. The number of rotatable bonds is 13. The van der Waals surface area contributed by atoms with Crippen molar-refractivity contribution in [3.8, 4) is 11.1 Å². The van der Waals surface area contributed by atoms with E-state index in [2.05, 4.69) is 61.5 Å². The van der Waals surface area contributed by atoms with Crippen LogP contribution < -0.4 is 5.32 Å². The van der Waals surface area contributed by atoms with Crippen molar-refractivity contribution in [3.05, 3.63) is 124 Å². The number of pyridine rings is 1. The smallest absolute Gasteiger partial charge is 0.475 e. The van der Waals surface area contributed by atoms with Crippen molar-refractivity contribution < 1.29 is 32.7 Å². The predicted octanol–water partition coefficient (Wildman–Crippen LogP) is 8.98. The number of nitrogens with one attached hydrogen (secondary N) is 1. The fourth-order valence-electron chi connectivity index (χ4n) is 7.37. The summed E-state index contributed by atoms with van der Waals surface area (Å²) < 4.78 is 32.7. The van der Waals surface area contributed by atoms with Crippen LogP contribution in [0.2, 0.25) is 0 Å².